The van der Waals surface area contributed by atoms with Gasteiger partial charge < -0.3 is 15.4 Å². The summed E-state index contributed by atoms with van der Waals surface area (Å²) in [6.07, 6.45) is 4.00. The van der Waals surface area contributed by atoms with Crippen LogP contribution in [0.3, 0.4) is 0 Å². The Morgan fingerprint density at radius 3 is 2.79 bits per heavy atom. The van der Waals surface area contributed by atoms with Gasteiger partial charge in [0.05, 0.1) is 12.7 Å². The second kappa shape index (κ2) is 6.06. The number of benzene rings is 1. The predicted octanol–water partition coefficient (Wildman–Crippen LogP) is 2.29. The van der Waals surface area contributed by atoms with Gasteiger partial charge >= 0.3 is 5.97 Å². The molecule has 0 aliphatic heterocycles. The van der Waals surface area contributed by atoms with Crippen LogP contribution in [-0.4, -0.2) is 31.6 Å². The third-order valence-corrected chi connectivity index (χ3v) is 3.81. The third-order valence-electron chi connectivity index (χ3n) is 3.81. The largest absolute Gasteiger partial charge is 0.465 e. The molecular weight excluding hydrogens is 240 g/mol. The molecular formula is C15H22N2O2. The number of ether oxygens (including phenoxy) is 1. The molecule has 1 saturated carbocycles. The first-order chi connectivity index (χ1) is 9.11. The standard InChI is InChI=1S/C15H22N2O2/c1-17(9-11-5-3-6-11)10-12-7-4-8-13(16)14(12)15(18)19-2/h4,7-8,11H,3,5-6,9-10,16H2,1-2H3. The number of hydrogen-bond acceptors (Lipinski definition) is 4. The summed E-state index contributed by atoms with van der Waals surface area (Å²) in [5.41, 5.74) is 7.82. The summed E-state index contributed by atoms with van der Waals surface area (Å²) in [6.45, 7) is 1.81. The minimum Gasteiger partial charge on any atom is -0.465 e. The number of nitrogen functional groups attached to an aromatic ring is 1. The highest BCUT2D eigenvalue weighted by Crippen LogP contribution is 2.27. The molecule has 4 nitrogen and oxygen atoms in total. The monoisotopic (exact) mass is 262 g/mol. The van der Waals surface area contributed by atoms with Crippen molar-refractivity contribution in [3.05, 3.63) is 29.3 Å². The van der Waals surface area contributed by atoms with Crippen LogP contribution in [0, 0.1) is 5.92 Å². The quantitative estimate of drug-likeness (QED) is 0.653. The molecule has 0 bridgehead atoms. The van der Waals surface area contributed by atoms with E-state index < -0.39 is 0 Å². The number of nitrogens with two attached hydrogens (primary N) is 1. The summed E-state index contributed by atoms with van der Waals surface area (Å²) in [6, 6.07) is 5.57. The first-order valence-electron chi connectivity index (χ1n) is 6.76. The highest BCUT2D eigenvalue weighted by Gasteiger charge is 2.21. The zero-order valence-corrected chi connectivity index (χ0v) is 11.7. The highest BCUT2D eigenvalue weighted by molar-refractivity contribution is 5.96. The van der Waals surface area contributed by atoms with Gasteiger partial charge in [-0.05, 0) is 37.4 Å². The van der Waals surface area contributed by atoms with Gasteiger partial charge in [-0.3, -0.25) is 0 Å². The number of rotatable bonds is 5. The molecule has 0 spiro atoms. The maximum Gasteiger partial charge on any atom is 0.340 e. The number of carbonyl (C=O) groups is 1. The van der Waals surface area contributed by atoms with Crippen LogP contribution >= 0.6 is 0 Å². The van der Waals surface area contributed by atoms with E-state index in [1.54, 1.807) is 6.07 Å². The Kier molecular flexibility index (Phi) is 4.43. The van der Waals surface area contributed by atoms with Crippen LogP contribution in [-0.2, 0) is 11.3 Å². The molecule has 0 heterocycles. The van der Waals surface area contributed by atoms with Gasteiger partial charge in [0.1, 0.15) is 0 Å². The molecule has 1 aromatic carbocycles. The molecule has 0 saturated heterocycles. The van der Waals surface area contributed by atoms with Gasteiger partial charge in [-0.2, -0.15) is 0 Å². The molecule has 0 amide bonds. The Balaban J connectivity index is 2.09. The van der Waals surface area contributed by atoms with Crippen LogP contribution in [0.5, 0.6) is 0 Å². The molecule has 0 unspecified atom stereocenters. The van der Waals surface area contributed by atoms with Crippen LogP contribution in [0.4, 0.5) is 5.69 Å². The first-order valence-corrected chi connectivity index (χ1v) is 6.76. The van der Waals surface area contributed by atoms with E-state index in [0.29, 0.717) is 11.3 Å². The molecule has 104 valence electrons. The summed E-state index contributed by atoms with van der Waals surface area (Å²) in [7, 11) is 3.47. The van der Waals surface area contributed by atoms with E-state index in [2.05, 4.69) is 11.9 Å². The van der Waals surface area contributed by atoms with Gasteiger partial charge in [0.2, 0.25) is 0 Å². The molecule has 1 aliphatic carbocycles. The van der Waals surface area contributed by atoms with Crippen LogP contribution < -0.4 is 5.73 Å². The number of anilines is 1. The Bertz CT molecular complexity index is 455. The Morgan fingerprint density at radius 1 is 1.47 bits per heavy atom. The molecule has 1 aromatic rings. The minimum atomic E-state index is -0.356. The van der Waals surface area contributed by atoms with E-state index in [1.165, 1.54) is 26.4 Å². The summed E-state index contributed by atoms with van der Waals surface area (Å²) in [4.78, 5) is 14.1. The lowest BCUT2D eigenvalue weighted by atomic mass is 9.85. The van der Waals surface area contributed by atoms with E-state index in [1.807, 2.05) is 12.1 Å². The van der Waals surface area contributed by atoms with Crippen molar-refractivity contribution in [3.8, 4) is 0 Å². The molecule has 0 aromatic heterocycles. The van der Waals surface area contributed by atoms with Crippen molar-refractivity contribution in [3.63, 3.8) is 0 Å². The smallest absolute Gasteiger partial charge is 0.340 e. The minimum absolute atomic E-state index is 0.356. The van der Waals surface area contributed by atoms with Crippen LogP contribution in [0.2, 0.25) is 0 Å². The van der Waals surface area contributed by atoms with Crippen molar-refractivity contribution in [1.29, 1.82) is 0 Å². The van der Waals surface area contributed by atoms with E-state index in [-0.39, 0.29) is 5.97 Å². The molecule has 0 radical (unpaired) electrons. The van der Waals surface area contributed by atoms with Crippen LogP contribution in [0.1, 0.15) is 35.2 Å². The van der Waals surface area contributed by atoms with Crippen LogP contribution in [0.15, 0.2) is 18.2 Å². The summed E-state index contributed by atoms with van der Waals surface area (Å²) in [5.74, 6) is 0.456. The lowest BCUT2D eigenvalue weighted by molar-refractivity contribution is 0.0599. The van der Waals surface area contributed by atoms with E-state index in [0.717, 1.165) is 24.6 Å². The van der Waals surface area contributed by atoms with E-state index in [9.17, 15) is 4.79 Å². The number of hydrogen-bond donors (Lipinski definition) is 1. The van der Waals surface area contributed by atoms with Gasteiger partial charge in [-0.1, -0.05) is 18.6 Å². The molecule has 1 fully saturated rings. The van der Waals surface area contributed by atoms with Crippen molar-refractivity contribution >= 4 is 11.7 Å². The lowest BCUT2D eigenvalue weighted by Crippen LogP contribution is -2.29. The fraction of sp³-hybridized carbons (Fsp3) is 0.533. The van der Waals surface area contributed by atoms with E-state index >= 15 is 0 Å². The number of nitrogens with zero attached hydrogens (tertiary/aromatic N) is 1. The predicted molar refractivity (Wildman–Crippen MR) is 75.9 cm³/mol. The lowest BCUT2D eigenvalue weighted by Gasteiger charge is -2.30. The normalized spacial score (nSPS) is 15.3. The molecule has 1 aliphatic rings. The van der Waals surface area contributed by atoms with Crippen molar-refractivity contribution in [2.24, 2.45) is 5.92 Å². The summed E-state index contributed by atoms with van der Waals surface area (Å²) < 4.78 is 4.82. The third kappa shape index (κ3) is 3.26. The maximum absolute atomic E-state index is 11.8. The van der Waals surface area contributed by atoms with Gasteiger partial charge in [-0.15, -0.1) is 0 Å². The van der Waals surface area contributed by atoms with Gasteiger partial charge in [-0.25, -0.2) is 4.79 Å². The molecule has 0 atom stereocenters. The van der Waals surface area contributed by atoms with Crippen molar-refractivity contribution < 1.29 is 9.53 Å². The van der Waals surface area contributed by atoms with Crippen molar-refractivity contribution in [2.45, 2.75) is 25.8 Å². The second-order valence-corrected chi connectivity index (χ2v) is 5.37. The van der Waals surface area contributed by atoms with E-state index in [4.69, 9.17) is 10.5 Å². The van der Waals surface area contributed by atoms with Gasteiger partial charge in [0, 0.05) is 18.8 Å². The maximum atomic E-state index is 11.8. The fourth-order valence-electron chi connectivity index (χ4n) is 2.57. The van der Waals surface area contributed by atoms with Gasteiger partial charge in [0.25, 0.3) is 0 Å². The molecule has 19 heavy (non-hydrogen) atoms. The Labute approximate surface area is 114 Å². The fourth-order valence-corrected chi connectivity index (χ4v) is 2.57. The zero-order valence-electron chi connectivity index (χ0n) is 11.7. The average Bonchev–Trinajstić information content (AvgIpc) is 2.33. The van der Waals surface area contributed by atoms with Crippen LogP contribution in [0.25, 0.3) is 0 Å². The first kappa shape index (κ1) is 13.9. The average molecular weight is 262 g/mol. The number of esters is 1. The summed E-state index contributed by atoms with van der Waals surface area (Å²) >= 11 is 0. The van der Waals surface area contributed by atoms with Crippen molar-refractivity contribution in [2.75, 3.05) is 26.4 Å². The SMILES string of the molecule is COC(=O)c1c(N)cccc1CN(C)CC1CCC1. The Morgan fingerprint density at radius 2 is 2.21 bits per heavy atom. The second-order valence-electron chi connectivity index (χ2n) is 5.37. The number of carbonyl (C=O) groups excluding carboxylic acids is 1. The topological polar surface area (TPSA) is 55.6 Å². The summed E-state index contributed by atoms with van der Waals surface area (Å²) in [5, 5.41) is 0. The number of methoxy groups -OCH3 is 1. The molecule has 2 rings (SSSR count). The highest BCUT2D eigenvalue weighted by atomic mass is 16.5. The molecule has 2 N–H and O–H groups in total. The zero-order chi connectivity index (χ0) is 13.8. The van der Waals surface area contributed by atoms with Gasteiger partial charge in [0.15, 0.2) is 0 Å². The molecule has 4 heteroatoms. The Hall–Kier alpha value is -1.55. The van der Waals surface area contributed by atoms with Crippen molar-refractivity contribution in [1.82, 2.24) is 4.90 Å².